The molecule has 1 aromatic heterocycles. The zero-order valence-electron chi connectivity index (χ0n) is 11.6. The maximum Gasteiger partial charge on any atom is 0.308 e. The lowest BCUT2D eigenvalue weighted by atomic mass is 10.2. The van der Waals surface area contributed by atoms with E-state index < -0.39 is 0 Å². The first-order valence-electron chi connectivity index (χ1n) is 6.29. The summed E-state index contributed by atoms with van der Waals surface area (Å²) in [5.74, 6) is -1.01. The summed E-state index contributed by atoms with van der Waals surface area (Å²) in [4.78, 5) is 27.2. The van der Waals surface area contributed by atoms with Gasteiger partial charge in [-0.3, -0.25) is 14.9 Å². The molecule has 0 spiro atoms. The molecule has 0 aliphatic heterocycles. The third-order valence-electron chi connectivity index (χ3n) is 2.61. The van der Waals surface area contributed by atoms with Gasteiger partial charge in [0.2, 0.25) is 0 Å². The molecule has 5 nitrogen and oxygen atoms in total. The van der Waals surface area contributed by atoms with Gasteiger partial charge >= 0.3 is 5.97 Å². The molecular formula is C14H16N2O3S. The van der Waals surface area contributed by atoms with Gasteiger partial charge in [-0.1, -0.05) is 31.3 Å². The Hall–Kier alpha value is -1.95. The summed E-state index contributed by atoms with van der Waals surface area (Å²) >= 11 is 1.40. The fraction of sp³-hybridized carbons (Fsp3) is 0.357. The number of carbonyl (C=O) groups excluding carboxylic acids is 2. The van der Waals surface area contributed by atoms with Gasteiger partial charge in [-0.2, -0.15) is 0 Å². The van der Waals surface area contributed by atoms with Gasteiger partial charge in [0.05, 0.1) is 16.1 Å². The van der Waals surface area contributed by atoms with E-state index in [9.17, 15) is 9.59 Å². The van der Waals surface area contributed by atoms with Crippen LogP contribution in [0.25, 0.3) is 10.2 Å². The molecule has 2 aromatic rings. The molecule has 1 aromatic carbocycles. The fourth-order valence-corrected chi connectivity index (χ4v) is 2.52. The van der Waals surface area contributed by atoms with Crippen LogP contribution in [0.4, 0.5) is 5.13 Å². The average Bonchev–Trinajstić information content (AvgIpc) is 2.76. The minimum absolute atomic E-state index is 0.242. The molecule has 0 saturated carbocycles. The molecule has 0 radical (unpaired) electrons. The van der Waals surface area contributed by atoms with Crippen LogP contribution in [-0.4, -0.2) is 23.5 Å². The number of carbonyl (C=O) groups is 2. The quantitative estimate of drug-likeness (QED) is 0.880. The van der Waals surface area contributed by atoms with Gasteiger partial charge in [-0.15, -0.1) is 0 Å². The Morgan fingerprint density at radius 1 is 1.40 bits per heavy atom. The van der Waals surface area contributed by atoms with Crippen molar-refractivity contribution in [2.45, 2.75) is 20.8 Å². The van der Waals surface area contributed by atoms with E-state index in [2.05, 4.69) is 10.3 Å². The zero-order chi connectivity index (χ0) is 14.7. The average molecular weight is 292 g/mol. The van der Waals surface area contributed by atoms with Crippen molar-refractivity contribution < 1.29 is 14.3 Å². The first kappa shape index (κ1) is 14.5. The second-order valence-corrected chi connectivity index (χ2v) is 5.83. The lowest BCUT2D eigenvalue weighted by Crippen LogP contribution is -2.22. The minimum Gasteiger partial charge on any atom is -0.455 e. The van der Waals surface area contributed by atoms with Crippen LogP contribution in [0, 0.1) is 12.8 Å². The van der Waals surface area contributed by atoms with E-state index in [4.69, 9.17) is 4.74 Å². The zero-order valence-corrected chi connectivity index (χ0v) is 12.4. The van der Waals surface area contributed by atoms with Crippen LogP contribution in [0.1, 0.15) is 19.4 Å². The number of rotatable bonds is 4. The van der Waals surface area contributed by atoms with E-state index in [1.54, 1.807) is 13.8 Å². The van der Waals surface area contributed by atoms with Gasteiger partial charge in [0.25, 0.3) is 5.91 Å². The molecule has 0 fully saturated rings. The number of anilines is 1. The van der Waals surface area contributed by atoms with Gasteiger partial charge in [0.15, 0.2) is 11.7 Å². The number of nitrogens with one attached hydrogen (secondary N) is 1. The highest BCUT2D eigenvalue weighted by molar-refractivity contribution is 7.22. The lowest BCUT2D eigenvalue weighted by molar-refractivity contribution is -0.150. The third-order valence-corrected chi connectivity index (χ3v) is 3.54. The molecule has 1 N–H and O–H groups in total. The molecule has 0 aliphatic rings. The van der Waals surface area contributed by atoms with Crippen LogP contribution in [-0.2, 0) is 14.3 Å². The second-order valence-electron chi connectivity index (χ2n) is 4.80. The van der Waals surface area contributed by atoms with Gasteiger partial charge in [-0.05, 0) is 24.6 Å². The number of esters is 1. The summed E-state index contributed by atoms with van der Waals surface area (Å²) in [6.45, 7) is 5.15. The molecule has 0 unspecified atom stereocenters. The van der Waals surface area contributed by atoms with E-state index in [0.29, 0.717) is 5.13 Å². The van der Waals surface area contributed by atoms with Crippen molar-refractivity contribution in [3.63, 3.8) is 0 Å². The largest absolute Gasteiger partial charge is 0.455 e. The molecule has 2 rings (SSSR count). The summed E-state index contributed by atoms with van der Waals surface area (Å²) in [5, 5.41) is 3.15. The topological polar surface area (TPSA) is 68.3 Å². The first-order chi connectivity index (χ1) is 9.45. The number of amides is 1. The number of benzene rings is 1. The van der Waals surface area contributed by atoms with Crippen molar-refractivity contribution in [2.24, 2.45) is 5.92 Å². The number of aryl methyl sites for hydroxylation is 1. The highest BCUT2D eigenvalue weighted by Gasteiger charge is 2.12. The Kier molecular flexibility index (Phi) is 4.34. The highest BCUT2D eigenvalue weighted by atomic mass is 32.1. The molecule has 1 heterocycles. The molecule has 0 atom stereocenters. The van der Waals surface area contributed by atoms with Crippen LogP contribution in [0.5, 0.6) is 0 Å². The third kappa shape index (κ3) is 3.54. The number of thiazole rings is 1. The molecule has 6 heteroatoms. The fourth-order valence-electron chi connectivity index (χ4n) is 1.54. The minimum atomic E-state index is -0.389. The highest BCUT2D eigenvalue weighted by Crippen LogP contribution is 2.26. The number of aromatic nitrogens is 1. The molecule has 0 bridgehead atoms. The van der Waals surface area contributed by atoms with Crippen LogP contribution in [0.3, 0.4) is 0 Å². The lowest BCUT2D eigenvalue weighted by Gasteiger charge is -2.06. The Labute approximate surface area is 121 Å². The Bertz CT molecular complexity index is 649. The monoisotopic (exact) mass is 292 g/mol. The summed E-state index contributed by atoms with van der Waals surface area (Å²) in [7, 11) is 0. The second kappa shape index (κ2) is 6.00. The molecule has 0 aliphatic carbocycles. The smallest absolute Gasteiger partial charge is 0.308 e. The molecule has 106 valence electrons. The number of fused-ring (bicyclic) bond motifs is 1. The van der Waals surface area contributed by atoms with E-state index >= 15 is 0 Å². The van der Waals surface area contributed by atoms with Crippen molar-refractivity contribution in [2.75, 3.05) is 11.9 Å². The van der Waals surface area contributed by atoms with E-state index in [1.807, 2.05) is 25.1 Å². The van der Waals surface area contributed by atoms with E-state index in [1.165, 1.54) is 11.3 Å². The van der Waals surface area contributed by atoms with E-state index in [-0.39, 0.29) is 24.4 Å². The number of nitrogens with zero attached hydrogens (tertiary/aromatic N) is 1. The van der Waals surface area contributed by atoms with Crippen LogP contribution >= 0.6 is 11.3 Å². The Balaban J connectivity index is 1.97. The molecular weight excluding hydrogens is 276 g/mol. The van der Waals surface area contributed by atoms with Gasteiger partial charge in [0, 0.05) is 0 Å². The van der Waals surface area contributed by atoms with Crippen molar-refractivity contribution >= 4 is 38.6 Å². The number of ether oxygens (including phenoxy) is 1. The maximum atomic E-state index is 11.7. The van der Waals surface area contributed by atoms with Crippen molar-refractivity contribution in [1.82, 2.24) is 4.98 Å². The van der Waals surface area contributed by atoms with Crippen molar-refractivity contribution in [3.8, 4) is 0 Å². The van der Waals surface area contributed by atoms with Crippen molar-refractivity contribution in [1.29, 1.82) is 0 Å². The molecule has 20 heavy (non-hydrogen) atoms. The SMILES string of the molecule is Cc1ccc2nc(NC(=O)COC(=O)C(C)C)sc2c1. The van der Waals surface area contributed by atoms with Gasteiger partial charge in [-0.25, -0.2) is 4.98 Å². The predicted molar refractivity (Wildman–Crippen MR) is 78.8 cm³/mol. The maximum absolute atomic E-state index is 11.7. The molecule has 1 amide bonds. The summed E-state index contributed by atoms with van der Waals surface area (Å²) in [6, 6.07) is 5.90. The summed E-state index contributed by atoms with van der Waals surface area (Å²) < 4.78 is 5.87. The first-order valence-corrected chi connectivity index (χ1v) is 7.11. The number of hydrogen-bond donors (Lipinski definition) is 1. The standard InChI is InChI=1S/C14H16N2O3S/c1-8(2)13(18)19-7-12(17)16-14-15-10-5-4-9(3)6-11(10)20-14/h4-6,8H,7H2,1-3H3,(H,15,16,17). The normalized spacial score (nSPS) is 10.8. The van der Waals surface area contributed by atoms with Gasteiger partial charge < -0.3 is 4.74 Å². The van der Waals surface area contributed by atoms with Crippen LogP contribution < -0.4 is 5.32 Å². The van der Waals surface area contributed by atoms with E-state index in [0.717, 1.165) is 15.8 Å². The summed E-state index contributed by atoms with van der Waals surface area (Å²) in [5.41, 5.74) is 1.99. The number of hydrogen-bond acceptors (Lipinski definition) is 5. The van der Waals surface area contributed by atoms with Crippen molar-refractivity contribution in [3.05, 3.63) is 23.8 Å². The van der Waals surface area contributed by atoms with Crippen LogP contribution in [0.15, 0.2) is 18.2 Å². The summed E-state index contributed by atoms with van der Waals surface area (Å²) in [6.07, 6.45) is 0. The Morgan fingerprint density at radius 2 is 2.15 bits per heavy atom. The molecule has 0 saturated heterocycles. The van der Waals surface area contributed by atoms with Crippen LogP contribution in [0.2, 0.25) is 0 Å². The Morgan fingerprint density at radius 3 is 2.85 bits per heavy atom. The predicted octanol–water partition coefficient (Wildman–Crippen LogP) is 2.74. The van der Waals surface area contributed by atoms with Gasteiger partial charge in [0.1, 0.15) is 0 Å².